The number of carboxylic acids is 1. The molecule has 0 radical (unpaired) electrons. The molecule has 0 unspecified atom stereocenters. The second-order valence-corrected chi connectivity index (χ2v) is 14.4. The van der Waals surface area contributed by atoms with E-state index in [1.54, 1.807) is 58.7 Å². The third-order valence-corrected chi connectivity index (χ3v) is 10.1. The van der Waals surface area contributed by atoms with Crippen molar-refractivity contribution < 1.29 is 50.9 Å². The molecule has 0 saturated heterocycles. The largest absolute Gasteiger partial charge is 0.495 e. The standard InChI is InChI=1S/C25H22N2O6S.C19H17NO5/c1-17-19(14-24(33-17)25(28)27-34(29,30)22-6-4-3-5-7-22)16-32-20-10-8-18(9-11-20)23-13-12-21(31-2)15-26-23;1-12-14(9-18(25-12)19(21)22)11-24-15-5-3-13(4-6-15)17-8-7-16(23-2)10-20-17/h3-15H,16H2,1-2H3,(H,27,28);3-10H,11H2,1-2H3,(H,21,22). The van der Waals surface area contributed by atoms with E-state index >= 15 is 0 Å². The molecule has 0 fully saturated rings. The van der Waals surface area contributed by atoms with Crippen LogP contribution in [-0.4, -0.2) is 49.6 Å². The summed E-state index contributed by atoms with van der Waals surface area (Å²) < 4.78 is 59.1. The third-order valence-electron chi connectivity index (χ3n) is 8.79. The molecule has 302 valence electrons. The fourth-order valence-electron chi connectivity index (χ4n) is 5.48. The van der Waals surface area contributed by atoms with Gasteiger partial charge in [0, 0.05) is 22.3 Å². The molecule has 2 N–H and O–H groups in total. The Morgan fingerprint density at radius 2 is 1.07 bits per heavy atom. The summed E-state index contributed by atoms with van der Waals surface area (Å²) in [7, 11) is -0.809. The Bertz CT molecular complexity index is 2610. The number of hydrogen-bond acceptors (Lipinski definition) is 12. The van der Waals surface area contributed by atoms with Crippen molar-refractivity contribution >= 4 is 21.9 Å². The molecule has 0 aliphatic rings. The highest BCUT2D eigenvalue weighted by Crippen LogP contribution is 2.26. The highest BCUT2D eigenvalue weighted by Gasteiger charge is 2.22. The maximum atomic E-state index is 12.4. The fourth-order valence-corrected chi connectivity index (χ4v) is 6.46. The van der Waals surface area contributed by atoms with Gasteiger partial charge in [0.1, 0.15) is 47.7 Å². The Labute approximate surface area is 340 Å². The number of carboxylic acid groups (broad SMARTS) is 1. The molecular weight excluding hydrogens is 779 g/mol. The van der Waals surface area contributed by atoms with Crippen LogP contribution >= 0.6 is 0 Å². The maximum absolute atomic E-state index is 12.4. The van der Waals surface area contributed by atoms with Crippen LogP contribution in [0.25, 0.3) is 22.5 Å². The van der Waals surface area contributed by atoms with Gasteiger partial charge in [0.05, 0.1) is 42.9 Å². The molecule has 0 bridgehead atoms. The average molecular weight is 818 g/mol. The molecule has 0 aliphatic carbocycles. The van der Waals surface area contributed by atoms with Crippen molar-refractivity contribution in [1.82, 2.24) is 14.7 Å². The van der Waals surface area contributed by atoms with Crippen LogP contribution in [0.1, 0.15) is 43.8 Å². The van der Waals surface area contributed by atoms with Crippen LogP contribution in [-0.2, 0) is 23.2 Å². The second kappa shape index (κ2) is 18.7. The van der Waals surface area contributed by atoms with E-state index in [0.717, 1.165) is 22.5 Å². The zero-order valence-electron chi connectivity index (χ0n) is 32.4. The first-order chi connectivity index (χ1) is 28.4. The maximum Gasteiger partial charge on any atom is 0.371 e. The van der Waals surface area contributed by atoms with Crippen molar-refractivity contribution in [1.29, 1.82) is 0 Å². The number of pyridine rings is 2. The number of aryl methyl sites for hydroxylation is 2. The quantitative estimate of drug-likeness (QED) is 0.107. The van der Waals surface area contributed by atoms with Crippen molar-refractivity contribution in [2.45, 2.75) is 32.0 Å². The number of nitrogens with zero attached hydrogens (tertiary/aromatic N) is 2. The van der Waals surface area contributed by atoms with Gasteiger partial charge in [0.15, 0.2) is 5.76 Å². The molecule has 7 rings (SSSR count). The molecule has 0 atom stereocenters. The van der Waals surface area contributed by atoms with Crippen LogP contribution in [0.2, 0.25) is 0 Å². The van der Waals surface area contributed by atoms with Crippen molar-refractivity contribution in [2.24, 2.45) is 0 Å². The van der Waals surface area contributed by atoms with Crippen molar-refractivity contribution in [3.8, 4) is 45.5 Å². The minimum atomic E-state index is -4.00. The van der Waals surface area contributed by atoms with Gasteiger partial charge in [0.2, 0.25) is 5.76 Å². The molecular formula is C44H39N3O11S. The number of aromatic carboxylic acids is 1. The van der Waals surface area contributed by atoms with Crippen molar-refractivity contribution in [3.63, 3.8) is 0 Å². The number of carbonyl (C=O) groups excluding carboxylic acids is 1. The number of aromatic nitrogens is 2. The van der Waals surface area contributed by atoms with Gasteiger partial charge in [-0.3, -0.25) is 14.8 Å². The number of amides is 1. The van der Waals surface area contributed by atoms with Gasteiger partial charge in [-0.1, -0.05) is 18.2 Å². The Balaban J connectivity index is 0.000000208. The van der Waals surface area contributed by atoms with Gasteiger partial charge < -0.3 is 32.9 Å². The van der Waals surface area contributed by atoms with Crippen molar-refractivity contribution in [3.05, 3.63) is 162 Å². The minimum absolute atomic E-state index is 0.0107. The molecule has 59 heavy (non-hydrogen) atoms. The molecule has 4 heterocycles. The number of rotatable bonds is 14. The number of furan rings is 2. The first kappa shape index (κ1) is 41.2. The first-order valence-corrected chi connectivity index (χ1v) is 19.4. The molecule has 0 spiro atoms. The summed E-state index contributed by atoms with van der Waals surface area (Å²) in [4.78, 5) is 32.0. The van der Waals surface area contributed by atoms with Gasteiger partial charge >= 0.3 is 11.9 Å². The summed E-state index contributed by atoms with van der Waals surface area (Å²) >= 11 is 0. The third kappa shape index (κ3) is 10.7. The highest BCUT2D eigenvalue weighted by atomic mass is 32.2. The Morgan fingerprint density at radius 1 is 0.627 bits per heavy atom. The lowest BCUT2D eigenvalue weighted by Crippen LogP contribution is -2.30. The monoisotopic (exact) mass is 817 g/mol. The van der Waals surface area contributed by atoms with Gasteiger partial charge in [-0.25, -0.2) is 17.9 Å². The van der Waals surface area contributed by atoms with Gasteiger partial charge in [0.25, 0.3) is 10.0 Å². The molecule has 7 aromatic rings. The Morgan fingerprint density at radius 3 is 1.47 bits per heavy atom. The van der Waals surface area contributed by atoms with Gasteiger partial charge in [-0.05, 0) is 111 Å². The molecule has 14 nitrogen and oxygen atoms in total. The topological polar surface area (TPSA) is 190 Å². The number of sulfonamides is 1. The summed E-state index contributed by atoms with van der Waals surface area (Å²) in [6, 6.07) is 33.0. The Kier molecular flexibility index (Phi) is 13.1. The lowest BCUT2D eigenvalue weighted by atomic mass is 10.1. The predicted octanol–water partition coefficient (Wildman–Crippen LogP) is 8.29. The second-order valence-electron chi connectivity index (χ2n) is 12.7. The number of benzene rings is 3. The number of hydrogen-bond donors (Lipinski definition) is 2. The summed E-state index contributed by atoms with van der Waals surface area (Å²) in [6.07, 6.45) is 3.32. The van der Waals surface area contributed by atoms with Crippen molar-refractivity contribution in [2.75, 3.05) is 14.2 Å². The molecule has 4 aromatic heterocycles. The SMILES string of the molecule is COc1ccc(-c2ccc(OCc3cc(C(=O)NS(=O)(=O)c4ccccc4)oc3C)cc2)nc1.COc1ccc(-c2ccc(OCc3cc(C(=O)O)oc3C)cc2)nc1. The number of carbonyl (C=O) groups is 2. The molecule has 15 heteroatoms. The van der Waals surface area contributed by atoms with Gasteiger partial charge in [-0.15, -0.1) is 0 Å². The van der Waals surface area contributed by atoms with E-state index in [1.165, 1.54) is 24.3 Å². The van der Waals surface area contributed by atoms with E-state index < -0.39 is 21.9 Å². The molecule has 0 aliphatic heterocycles. The lowest BCUT2D eigenvalue weighted by Gasteiger charge is -2.07. The highest BCUT2D eigenvalue weighted by molar-refractivity contribution is 7.90. The lowest BCUT2D eigenvalue weighted by molar-refractivity contribution is 0.0660. The normalized spacial score (nSPS) is 10.8. The smallest absolute Gasteiger partial charge is 0.371 e. The summed E-state index contributed by atoms with van der Waals surface area (Å²) in [6.45, 7) is 3.78. The van der Waals surface area contributed by atoms with Crippen LogP contribution in [0.4, 0.5) is 0 Å². The van der Waals surface area contributed by atoms with Crippen LogP contribution in [0.15, 0.2) is 141 Å². The first-order valence-electron chi connectivity index (χ1n) is 17.9. The summed E-state index contributed by atoms with van der Waals surface area (Å²) in [5.41, 5.74) is 4.86. The predicted molar refractivity (Wildman–Crippen MR) is 216 cm³/mol. The van der Waals surface area contributed by atoms with E-state index in [2.05, 4.69) is 9.97 Å². The number of ether oxygens (including phenoxy) is 4. The van der Waals surface area contributed by atoms with E-state index in [4.69, 9.17) is 32.9 Å². The van der Waals surface area contributed by atoms with Crippen LogP contribution in [0, 0.1) is 13.8 Å². The van der Waals surface area contributed by atoms with Gasteiger partial charge in [-0.2, -0.15) is 0 Å². The zero-order valence-corrected chi connectivity index (χ0v) is 33.2. The van der Waals surface area contributed by atoms with E-state index in [1.807, 2.05) is 77.5 Å². The number of methoxy groups -OCH3 is 2. The summed E-state index contributed by atoms with van der Waals surface area (Å²) in [5.74, 6) is 1.54. The van der Waals surface area contributed by atoms with Crippen LogP contribution < -0.4 is 23.7 Å². The molecule has 0 saturated carbocycles. The van der Waals surface area contributed by atoms with E-state index in [0.29, 0.717) is 45.6 Å². The fraction of sp³-hybridized carbons (Fsp3) is 0.136. The average Bonchev–Trinajstić information content (AvgIpc) is 3.84. The number of nitrogens with one attached hydrogen (secondary N) is 1. The van der Waals surface area contributed by atoms with E-state index in [9.17, 15) is 18.0 Å². The Hall–Kier alpha value is -7.39. The van der Waals surface area contributed by atoms with Crippen LogP contribution in [0.3, 0.4) is 0 Å². The summed E-state index contributed by atoms with van der Waals surface area (Å²) in [5, 5.41) is 8.93. The molecule has 3 aromatic carbocycles. The minimum Gasteiger partial charge on any atom is -0.495 e. The van der Waals surface area contributed by atoms with Crippen LogP contribution in [0.5, 0.6) is 23.0 Å². The zero-order chi connectivity index (χ0) is 41.9. The molecule has 1 amide bonds. The van der Waals surface area contributed by atoms with E-state index in [-0.39, 0.29) is 29.6 Å².